The van der Waals surface area contributed by atoms with E-state index in [4.69, 9.17) is 9.05 Å². The molecule has 0 saturated heterocycles. The van der Waals surface area contributed by atoms with E-state index in [0.29, 0.717) is 17.4 Å². The van der Waals surface area contributed by atoms with E-state index in [9.17, 15) is 19.4 Å². The summed E-state index contributed by atoms with van der Waals surface area (Å²) in [5.41, 5.74) is 0. The minimum atomic E-state index is -4.36. The number of hydrogen-bond donors (Lipinski definition) is 3. The van der Waals surface area contributed by atoms with Gasteiger partial charge < -0.3 is 19.8 Å². The van der Waals surface area contributed by atoms with Crippen molar-refractivity contribution in [2.24, 2.45) is 0 Å². The van der Waals surface area contributed by atoms with Gasteiger partial charge in [0.1, 0.15) is 13.2 Å². The van der Waals surface area contributed by atoms with E-state index in [1.165, 1.54) is 205 Å². The number of hydrogen-bond acceptors (Lipinski definition) is 5. The van der Waals surface area contributed by atoms with Crippen LogP contribution < -0.4 is 5.32 Å². The smallest absolute Gasteiger partial charge is 0.387 e. The van der Waals surface area contributed by atoms with E-state index in [0.717, 1.165) is 44.9 Å². The van der Waals surface area contributed by atoms with Gasteiger partial charge in [0.2, 0.25) is 5.91 Å². The van der Waals surface area contributed by atoms with Gasteiger partial charge in [0.05, 0.1) is 39.9 Å². The quantitative estimate of drug-likeness (QED) is 0.0243. The molecule has 68 heavy (non-hydrogen) atoms. The molecule has 0 spiro atoms. The Balaban J connectivity index is 4.28. The Kier molecular flexibility index (Phi) is 49.3. The maximum absolute atomic E-state index is 13.0. The molecule has 0 fully saturated rings. The molecule has 0 aromatic rings. The summed E-state index contributed by atoms with van der Waals surface area (Å²) >= 11 is 0. The molecule has 0 radical (unpaired) electrons. The highest BCUT2D eigenvalue weighted by molar-refractivity contribution is 7.47. The fourth-order valence-electron chi connectivity index (χ4n) is 8.42. The molecule has 0 rings (SSSR count). The van der Waals surface area contributed by atoms with Crippen LogP contribution in [0.25, 0.3) is 0 Å². The predicted octanol–water partition coefficient (Wildman–Crippen LogP) is 17.5. The van der Waals surface area contributed by atoms with Crippen LogP contribution in [0.1, 0.15) is 271 Å². The van der Waals surface area contributed by atoms with Crippen LogP contribution in [0, 0.1) is 0 Å². The lowest BCUT2D eigenvalue weighted by Gasteiger charge is -2.25. The third kappa shape index (κ3) is 52.3. The summed E-state index contributed by atoms with van der Waals surface area (Å²) in [5, 5.41) is 13.9. The summed E-state index contributed by atoms with van der Waals surface area (Å²) in [7, 11) is 1.55. The molecule has 0 heterocycles. The molecule has 0 aliphatic heterocycles. The number of phosphoric acid groups is 1. The Labute approximate surface area is 422 Å². The van der Waals surface area contributed by atoms with E-state index in [1.54, 1.807) is 6.08 Å². The van der Waals surface area contributed by atoms with Gasteiger partial charge >= 0.3 is 7.82 Å². The number of nitrogens with one attached hydrogen (secondary N) is 1. The number of phosphoric ester groups is 1. The third-order valence-electron chi connectivity index (χ3n) is 13.0. The Bertz CT molecular complexity index is 1250. The largest absolute Gasteiger partial charge is 0.472 e. The highest BCUT2D eigenvalue weighted by atomic mass is 31.2. The summed E-state index contributed by atoms with van der Waals surface area (Å²) in [6.07, 6.45) is 66.4. The van der Waals surface area contributed by atoms with E-state index < -0.39 is 20.0 Å². The van der Waals surface area contributed by atoms with Crippen molar-refractivity contribution < 1.29 is 32.9 Å². The summed E-state index contributed by atoms with van der Waals surface area (Å²) in [5.74, 6) is -0.190. The Morgan fingerprint density at radius 2 is 0.809 bits per heavy atom. The zero-order valence-corrected chi connectivity index (χ0v) is 46.5. The average molecular weight is 979 g/mol. The van der Waals surface area contributed by atoms with Crippen LogP contribution in [-0.4, -0.2) is 73.4 Å². The van der Waals surface area contributed by atoms with Crippen LogP contribution >= 0.6 is 7.82 Å². The van der Waals surface area contributed by atoms with Gasteiger partial charge in [0, 0.05) is 6.42 Å². The van der Waals surface area contributed by atoms with Crippen LogP contribution in [0.4, 0.5) is 0 Å². The first-order valence-electron chi connectivity index (χ1n) is 29.0. The number of quaternary nitrogens is 1. The molecule has 8 nitrogen and oxygen atoms in total. The van der Waals surface area contributed by atoms with Crippen molar-refractivity contribution >= 4 is 13.7 Å². The van der Waals surface area contributed by atoms with Crippen LogP contribution in [-0.2, 0) is 18.4 Å². The van der Waals surface area contributed by atoms with Gasteiger partial charge in [0.15, 0.2) is 0 Å². The molecule has 0 saturated carbocycles. The lowest BCUT2D eigenvalue weighted by atomic mass is 10.0. The van der Waals surface area contributed by atoms with Gasteiger partial charge in [-0.2, -0.15) is 0 Å². The highest BCUT2D eigenvalue weighted by Gasteiger charge is 2.27. The lowest BCUT2D eigenvalue weighted by Crippen LogP contribution is -2.45. The second-order valence-electron chi connectivity index (χ2n) is 21.0. The zero-order chi connectivity index (χ0) is 49.9. The number of rotatable bonds is 53. The standard InChI is InChI=1S/C59H113N2O6P/c1-6-8-10-12-14-16-18-20-22-24-26-28-30-32-34-36-38-40-42-44-46-48-50-52-58(62)57(56-67-68(64,65)66-55-54-61(3,4)5)60-59(63)53-51-49-47-45-43-41-39-37-35-33-31-29-27-25-23-21-19-17-15-13-11-9-7-2/h25,27,34,36,42,44,50,52,57-58,62H,6-24,26,28-33,35,37-41,43,45-49,51,53-56H2,1-5H3,(H-,60,63,64,65)/p+1/b27-25-,36-34+,44-42+,52-50+. The summed E-state index contributed by atoms with van der Waals surface area (Å²) < 4.78 is 23.7. The maximum atomic E-state index is 13.0. The number of likely N-dealkylation sites (N-methyl/N-ethyl adjacent to an activating group) is 1. The van der Waals surface area contributed by atoms with E-state index in [-0.39, 0.29) is 19.1 Å². The molecule has 0 bridgehead atoms. The van der Waals surface area contributed by atoms with Crippen molar-refractivity contribution in [1.29, 1.82) is 0 Å². The number of aliphatic hydroxyl groups excluding tert-OH is 1. The van der Waals surface area contributed by atoms with Crippen LogP contribution in [0.2, 0.25) is 0 Å². The van der Waals surface area contributed by atoms with Gasteiger partial charge in [-0.15, -0.1) is 0 Å². The lowest BCUT2D eigenvalue weighted by molar-refractivity contribution is -0.870. The van der Waals surface area contributed by atoms with Crippen molar-refractivity contribution in [3.8, 4) is 0 Å². The topological polar surface area (TPSA) is 105 Å². The predicted molar refractivity (Wildman–Crippen MR) is 295 cm³/mol. The summed E-state index contributed by atoms with van der Waals surface area (Å²) in [6, 6.07) is -0.871. The molecular weight excluding hydrogens is 864 g/mol. The molecular formula is C59H114N2O6P+. The SMILES string of the molecule is CCCCCCCCCC/C=C\CCCCCCCCCCCCCC(=O)NC(COP(=O)(O)OCC[N+](C)(C)C)C(O)/C=C/CC/C=C/CC/C=C/CCCCCCCCCCCCCCC. The molecule has 3 N–H and O–H groups in total. The molecule has 0 aliphatic rings. The van der Waals surface area contributed by atoms with Gasteiger partial charge in [-0.1, -0.05) is 242 Å². The normalized spacial score (nSPS) is 14.3. The van der Waals surface area contributed by atoms with Crippen LogP contribution in [0.3, 0.4) is 0 Å². The summed E-state index contributed by atoms with van der Waals surface area (Å²) in [4.78, 5) is 23.3. The summed E-state index contributed by atoms with van der Waals surface area (Å²) in [6.45, 7) is 4.81. The minimum absolute atomic E-state index is 0.0532. The van der Waals surface area contributed by atoms with Crippen LogP contribution in [0.15, 0.2) is 48.6 Å². The Hall–Kier alpha value is -1.54. The average Bonchev–Trinajstić information content (AvgIpc) is 3.30. The molecule has 0 aliphatic carbocycles. The van der Waals surface area contributed by atoms with Crippen molar-refractivity contribution in [2.75, 3.05) is 40.9 Å². The molecule has 9 heteroatoms. The number of amides is 1. The number of unbranched alkanes of at least 4 members (excludes halogenated alkanes) is 34. The van der Waals surface area contributed by atoms with E-state index in [1.807, 2.05) is 27.2 Å². The van der Waals surface area contributed by atoms with E-state index in [2.05, 4.69) is 55.6 Å². The third-order valence-corrected chi connectivity index (χ3v) is 14.0. The minimum Gasteiger partial charge on any atom is -0.387 e. The molecule has 0 aromatic carbocycles. The number of carbonyl (C=O) groups is 1. The number of nitrogens with zero attached hydrogens (tertiary/aromatic N) is 1. The van der Waals surface area contributed by atoms with Crippen molar-refractivity contribution in [3.05, 3.63) is 48.6 Å². The van der Waals surface area contributed by atoms with Gasteiger partial charge in [-0.05, 0) is 70.6 Å². The van der Waals surface area contributed by atoms with E-state index >= 15 is 0 Å². The molecule has 3 unspecified atom stereocenters. The molecule has 0 aromatic heterocycles. The second-order valence-corrected chi connectivity index (χ2v) is 22.4. The van der Waals surface area contributed by atoms with Gasteiger partial charge in [-0.3, -0.25) is 13.8 Å². The van der Waals surface area contributed by atoms with Gasteiger partial charge in [-0.25, -0.2) is 4.57 Å². The van der Waals surface area contributed by atoms with Gasteiger partial charge in [0.25, 0.3) is 0 Å². The number of allylic oxidation sites excluding steroid dienone is 7. The number of carbonyl (C=O) groups excluding carboxylic acids is 1. The van der Waals surface area contributed by atoms with Crippen molar-refractivity contribution in [3.63, 3.8) is 0 Å². The fraction of sp³-hybridized carbons (Fsp3) is 0.847. The zero-order valence-electron chi connectivity index (χ0n) is 45.6. The monoisotopic (exact) mass is 978 g/mol. The fourth-order valence-corrected chi connectivity index (χ4v) is 9.16. The first-order valence-corrected chi connectivity index (χ1v) is 30.5. The Morgan fingerprint density at radius 3 is 1.18 bits per heavy atom. The first kappa shape index (κ1) is 66.5. The first-order chi connectivity index (χ1) is 33.0. The second kappa shape index (κ2) is 50.4. The van der Waals surface area contributed by atoms with Crippen molar-refractivity contribution in [2.45, 2.75) is 283 Å². The van der Waals surface area contributed by atoms with Crippen LogP contribution in [0.5, 0.6) is 0 Å². The molecule has 1 amide bonds. The van der Waals surface area contributed by atoms with Crippen molar-refractivity contribution in [1.82, 2.24) is 5.32 Å². The maximum Gasteiger partial charge on any atom is 0.472 e. The Morgan fingerprint density at radius 1 is 0.485 bits per heavy atom. The number of aliphatic hydroxyl groups is 1. The molecule has 3 atom stereocenters. The molecule has 400 valence electrons. The highest BCUT2D eigenvalue weighted by Crippen LogP contribution is 2.43.